The molecule has 1 saturated carbocycles. The molecule has 3 atom stereocenters. The van der Waals surface area contributed by atoms with Crippen LogP contribution in [0.3, 0.4) is 0 Å². The third kappa shape index (κ3) is 3.80. The fraction of sp³-hybridized carbons (Fsp3) is 0.333. The molecule has 0 unspecified atom stereocenters. The second kappa shape index (κ2) is 7.40. The molecule has 0 bridgehead atoms. The van der Waals surface area contributed by atoms with Crippen molar-refractivity contribution in [1.82, 2.24) is 5.32 Å². The molecular formula is C21H23N3O3. The summed E-state index contributed by atoms with van der Waals surface area (Å²) in [6.45, 7) is 0.944. The van der Waals surface area contributed by atoms with Crippen LogP contribution in [-0.4, -0.2) is 24.4 Å². The summed E-state index contributed by atoms with van der Waals surface area (Å²) in [4.78, 5) is 23.8. The highest BCUT2D eigenvalue weighted by atomic mass is 16.5. The molecule has 1 saturated heterocycles. The van der Waals surface area contributed by atoms with E-state index in [0.29, 0.717) is 28.9 Å². The maximum absolute atomic E-state index is 12.6. The molecule has 2 aromatic rings. The number of rotatable bonds is 5. The van der Waals surface area contributed by atoms with Crippen molar-refractivity contribution in [2.24, 2.45) is 17.6 Å². The number of hydrogen-bond donors (Lipinski definition) is 3. The van der Waals surface area contributed by atoms with Crippen LogP contribution in [0.15, 0.2) is 48.5 Å². The standard InChI is InChI=1S/C21H23N3O3/c22-20(25)13-3-1-5-17(11-13)27-16-9-7-15(8-10-16)24-21(26)19-18-6-2-4-14(18)12-23-19/h1,3,5,7-11,14,18-19,23H,2,4,6,12H2,(H2,22,25)(H,24,26)/t14-,18-,19+/m0/s1. The van der Waals surface area contributed by atoms with E-state index in [0.717, 1.165) is 18.7 Å². The molecule has 2 amide bonds. The molecule has 1 aliphatic carbocycles. The number of benzene rings is 2. The Morgan fingerprint density at radius 2 is 1.89 bits per heavy atom. The Bertz CT molecular complexity index is 850. The van der Waals surface area contributed by atoms with E-state index in [1.807, 2.05) is 12.1 Å². The minimum absolute atomic E-state index is 0.0345. The highest BCUT2D eigenvalue weighted by Crippen LogP contribution is 2.38. The Hall–Kier alpha value is -2.86. The van der Waals surface area contributed by atoms with Crippen LogP contribution < -0.4 is 21.1 Å². The molecule has 6 nitrogen and oxygen atoms in total. The first-order valence-electron chi connectivity index (χ1n) is 9.32. The first-order chi connectivity index (χ1) is 13.1. The van der Waals surface area contributed by atoms with Gasteiger partial charge in [-0.3, -0.25) is 9.59 Å². The normalized spacial score (nSPS) is 23.6. The number of fused-ring (bicyclic) bond motifs is 1. The minimum Gasteiger partial charge on any atom is -0.457 e. The van der Waals surface area contributed by atoms with Crippen molar-refractivity contribution in [3.05, 3.63) is 54.1 Å². The Kier molecular flexibility index (Phi) is 4.81. The van der Waals surface area contributed by atoms with Crippen molar-refractivity contribution < 1.29 is 14.3 Å². The molecule has 0 spiro atoms. The van der Waals surface area contributed by atoms with Gasteiger partial charge in [-0.2, -0.15) is 0 Å². The molecule has 2 aromatic carbocycles. The Morgan fingerprint density at radius 3 is 2.67 bits per heavy atom. The Balaban J connectivity index is 1.38. The predicted octanol–water partition coefficient (Wildman–Crippen LogP) is 2.90. The number of carbonyl (C=O) groups is 2. The van der Waals surface area contributed by atoms with E-state index in [-0.39, 0.29) is 11.9 Å². The zero-order chi connectivity index (χ0) is 18.8. The van der Waals surface area contributed by atoms with Gasteiger partial charge < -0.3 is 21.1 Å². The van der Waals surface area contributed by atoms with E-state index < -0.39 is 5.91 Å². The summed E-state index contributed by atoms with van der Waals surface area (Å²) in [7, 11) is 0. The van der Waals surface area contributed by atoms with Gasteiger partial charge in [0.2, 0.25) is 11.8 Å². The molecule has 6 heteroatoms. The summed E-state index contributed by atoms with van der Waals surface area (Å²) in [6.07, 6.45) is 3.58. The van der Waals surface area contributed by atoms with Gasteiger partial charge in [0.25, 0.3) is 0 Å². The van der Waals surface area contributed by atoms with Gasteiger partial charge in [0.05, 0.1) is 6.04 Å². The fourth-order valence-electron chi connectivity index (χ4n) is 4.15. The van der Waals surface area contributed by atoms with E-state index in [4.69, 9.17) is 10.5 Å². The Morgan fingerprint density at radius 1 is 1.07 bits per heavy atom. The largest absolute Gasteiger partial charge is 0.457 e. The number of primary amides is 1. The molecule has 140 valence electrons. The van der Waals surface area contributed by atoms with Crippen LogP contribution in [0.4, 0.5) is 5.69 Å². The van der Waals surface area contributed by atoms with E-state index in [9.17, 15) is 9.59 Å². The van der Waals surface area contributed by atoms with Crippen molar-refractivity contribution in [3.8, 4) is 11.5 Å². The van der Waals surface area contributed by atoms with Gasteiger partial charge in [-0.05, 0) is 73.7 Å². The number of amides is 2. The van der Waals surface area contributed by atoms with Crippen LogP contribution in [0.25, 0.3) is 0 Å². The highest BCUT2D eigenvalue weighted by Gasteiger charge is 2.42. The Labute approximate surface area is 158 Å². The van der Waals surface area contributed by atoms with Gasteiger partial charge in [-0.25, -0.2) is 0 Å². The van der Waals surface area contributed by atoms with Gasteiger partial charge in [0.15, 0.2) is 0 Å². The lowest BCUT2D eigenvalue weighted by Crippen LogP contribution is -2.39. The summed E-state index contributed by atoms with van der Waals surface area (Å²) in [5.41, 5.74) is 6.42. The average Bonchev–Trinajstić information content (AvgIpc) is 3.27. The molecule has 1 aliphatic heterocycles. The minimum atomic E-state index is -0.497. The van der Waals surface area contributed by atoms with Crippen LogP contribution in [-0.2, 0) is 4.79 Å². The molecule has 4 rings (SSSR count). The molecule has 0 radical (unpaired) electrons. The molecule has 0 aromatic heterocycles. The van der Waals surface area contributed by atoms with Crippen LogP contribution in [0.2, 0.25) is 0 Å². The van der Waals surface area contributed by atoms with Crippen LogP contribution in [0.1, 0.15) is 29.6 Å². The van der Waals surface area contributed by atoms with Crippen molar-refractivity contribution in [2.45, 2.75) is 25.3 Å². The third-order valence-electron chi connectivity index (χ3n) is 5.50. The molecule has 2 fully saturated rings. The maximum Gasteiger partial charge on any atom is 0.248 e. The van der Waals surface area contributed by atoms with E-state index in [1.54, 1.807) is 36.4 Å². The summed E-state index contributed by atoms with van der Waals surface area (Å²) in [5.74, 6) is 1.79. The van der Waals surface area contributed by atoms with E-state index in [2.05, 4.69) is 10.6 Å². The third-order valence-corrected chi connectivity index (χ3v) is 5.50. The lowest BCUT2D eigenvalue weighted by molar-refractivity contribution is -0.118. The summed E-state index contributed by atoms with van der Waals surface area (Å²) in [5, 5.41) is 6.36. The van der Waals surface area contributed by atoms with Gasteiger partial charge in [-0.15, -0.1) is 0 Å². The molecular weight excluding hydrogens is 342 g/mol. The van der Waals surface area contributed by atoms with Gasteiger partial charge >= 0.3 is 0 Å². The second-order valence-corrected chi connectivity index (χ2v) is 7.25. The lowest BCUT2D eigenvalue weighted by Gasteiger charge is -2.18. The SMILES string of the molecule is NC(=O)c1cccc(Oc2ccc(NC(=O)[C@@H]3NC[C@@H]4CCC[C@@H]43)cc2)c1. The molecule has 1 heterocycles. The zero-order valence-corrected chi connectivity index (χ0v) is 15.0. The number of nitrogens with one attached hydrogen (secondary N) is 2. The monoisotopic (exact) mass is 365 g/mol. The van der Waals surface area contributed by atoms with Crippen LogP contribution in [0, 0.1) is 11.8 Å². The van der Waals surface area contributed by atoms with Crippen molar-refractivity contribution >= 4 is 17.5 Å². The highest BCUT2D eigenvalue weighted by molar-refractivity contribution is 5.95. The van der Waals surface area contributed by atoms with Crippen molar-refractivity contribution in [2.75, 3.05) is 11.9 Å². The summed E-state index contributed by atoms with van der Waals surface area (Å²) >= 11 is 0. The first kappa shape index (κ1) is 17.5. The van der Waals surface area contributed by atoms with Crippen LogP contribution in [0.5, 0.6) is 11.5 Å². The number of nitrogens with two attached hydrogens (primary N) is 1. The fourth-order valence-corrected chi connectivity index (χ4v) is 4.15. The van der Waals surface area contributed by atoms with Crippen molar-refractivity contribution in [3.63, 3.8) is 0 Å². The van der Waals surface area contributed by atoms with Gasteiger partial charge in [-0.1, -0.05) is 12.5 Å². The van der Waals surface area contributed by atoms with E-state index >= 15 is 0 Å². The molecule has 4 N–H and O–H groups in total. The molecule has 2 aliphatic rings. The summed E-state index contributed by atoms with van der Waals surface area (Å²) in [6, 6.07) is 13.8. The average molecular weight is 365 g/mol. The topological polar surface area (TPSA) is 93.5 Å². The quantitative estimate of drug-likeness (QED) is 0.759. The zero-order valence-electron chi connectivity index (χ0n) is 15.0. The lowest BCUT2D eigenvalue weighted by atomic mass is 9.93. The number of ether oxygens (including phenoxy) is 1. The smallest absolute Gasteiger partial charge is 0.248 e. The first-order valence-corrected chi connectivity index (χ1v) is 9.32. The van der Waals surface area contributed by atoms with Gasteiger partial charge in [0.1, 0.15) is 11.5 Å². The molecule has 27 heavy (non-hydrogen) atoms. The van der Waals surface area contributed by atoms with Gasteiger partial charge in [0, 0.05) is 11.3 Å². The number of hydrogen-bond acceptors (Lipinski definition) is 4. The van der Waals surface area contributed by atoms with E-state index in [1.165, 1.54) is 12.8 Å². The summed E-state index contributed by atoms with van der Waals surface area (Å²) < 4.78 is 5.75. The predicted molar refractivity (Wildman–Crippen MR) is 103 cm³/mol. The van der Waals surface area contributed by atoms with Crippen molar-refractivity contribution in [1.29, 1.82) is 0 Å². The second-order valence-electron chi connectivity index (χ2n) is 7.25. The maximum atomic E-state index is 12.6. The van der Waals surface area contributed by atoms with Crippen LogP contribution >= 0.6 is 0 Å². The number of anilines is 1. The number of carbonyl (C=O) groups excluding carboxylic acids is 2.